The van der Waals surface area contributed by atoms with Gasteiger partial charge < -0.3 is 20.2 Å². The fourth-order valence-corrected chi connectivity index (χ4v) is 5.14. The number of H-pyrrole nitrogens is 1. The number of likely N-dealkylation sites (N-methyl/N-ethyl adjacent to an activating group) is 1. The highest BCUT2D eigenvalue weighted by molar-refractivity contribution is 6.05. The molecule has 10 heteroatoms. The fraction of sp³-hybridized carbons (Fsp3) is 0.333. The van der Waals surface area contributed by atoms with Gasteiger partial charge in [0, 0.05) is 68.2 Å². The lowest BCUT2D eigenvalue weighted by Crippen LogP contribution is -2.49. The Bertz CT molecular complexity index is 1400. The van der Waals surface area contributed by atoms with Crippen molar-refractivity contribution < 1.29 is 18.7 Å². The van der Waals surface area contributed by atoms with E-state index in [-0.39, 0.29) is 23.4 Å². The number of hydrogen-bond acceptors (Lipinski definition) is 6. The van der Waals surface area contributed by atoms with Crippen LogP contribution in [0.1, 0.15) is 39.7 Å². The molecule has 2 aliphatic rings. The minimum Gasteiger partial charge on any atom is -0.390 e. The zero-order chi connectivity index (χ0) is 28.4. The minimum atomic E-state index is -0.681. The van der Waals surface area contributed by atoms with Gasteiger partial charge in [-0.25, -0.2) is 8.78 Å². The highest BCUT2D eigenvalue weighted by Crippen LogP contribution is 2.30. The Morgan fingerprint density at radius 3 is 2.40 bits per heavy atom. The Labute approximate surface area is 232 Å². The molecule has 2 aliphatic heterocycles. The number of nitrogens with zero attached hydrogens (tertiary/aromatic N) is 4. The number of carbonyl (C=O) groups is 1. The standard InChI is InChI=1S/C30H34F2N6O2/c1-4-27-24(13-19(2)28-25(31)14-20(15-26(28)32)16-37-17-23(39)18-37)29(35-34-27)33-30(40)21-5-7-22(8-6-21)38-11-9-36(3)10-12-38/h4-8,13-15,23,39H,1,9-12,16-18H2,2-3H3,(H2,33,34,35,40)/b19-13+. The van der Waals surface area contributed by atoms with Crippen molar-refractivity contribution in [1.29, 1.82) is 0 Å². The average Bonchev–Trinajstić information content (AvgIpc) is 3.28. The SMILES string of the molecule is C=Cc1[nH]nc(NC(=O)c2ccc(N3CCN(C)CC3)cc2)c1/C=C(\C)c1c(F)cc(CN2CC(O)C2)cc1F. The summed E-state index contributed by atoms with van der Waals surface area (Å²) >= 11 is 0. The molecule has 0 radical (unpaired) electrons. The van der Waals surface area contributed by atoms with Crippen LogP contribution in [0.3, 0.4) is 0 Å². The van der Waals surface area contributed by atoms with Gasteiger partial charge in [0.25, 0.3) is 5.91 Å². The third-order valence-corrected chi connectivity index (χ3v) is 7.47. The summed E-state index contributed by atoms with van der Waals surface area (Å²) in [6.45, 7) is 10.6. The largest absolute Gasteiger partial charge is 0.390 e. The maximum absolute atomic E-state index is 15.1. The number of piperazine rings is 1. The monoisotopic (exact) mass is 548 g/mol. The molecule has 0 bridgehead atoms. The molecule has 3 N–H and O–H groups in total. The number of anilines is 2. The van der Waals surface area contributed by atoms with E-state index >= 15 is 8.78 Å². The molecule has 3 heterocycles. The minimum absolute atomic E-state index is 0.152. The average molecular weight is 549 g/mol. The molecule has 3 aromatic rings. The number of β-amino-alcohol motifs (C(OH)–C–C–N with tert-alkyl or cyclic N) is 1. The number of allylic oxidation sites excluding steroid dienone is 1. The molecular weight excluding hydrogens is 514 g/mol. The maximum Gasteiger partial charge on any atom is 0.256 e. The molecule has 2 saturated heterocycles. The number of aliphatic hydroxyl groups is 1. The van der Waals surface area contributed by atoms with E-state index in [1.54, 1.807) is 25.1 Å². The number of rotatable bonds is 8. The van der Waals surface area contributed by atoms with Crippen molar-refractivity contribution in [1.82, 2.24) is 20.0 Å². The third-order valence-electron chi connectivity index (χ3n) is 7.47. The van der Waals surface area contributed by atoms with Gasteiger partial charge in [-0.2, -0.15) is 5.10 Å². The first kappa shape index (κ1) is 27.7. The summed E-state index contributed by atoms with van der Waals surface area (Å²) in [6, 6.07) is 10.1. The van der Waals surface area contributed by atoms with Crippen LogP contribution in [0.4, 0.5) is 20.3 Å². The molecule has 0 spiro atoms. The summed E-state index contributed by atoms with van der Waals surface area (Å²) in [5.74, 6) is -1.48. The zero-order valence-corrected chi connectivity index (χ0v) is 22.8. The van der Waals surface area contributed by atoms with Crippen LogP contribution in [-0.2, 0) is 6.54 Å². The molecule has 0 aliphatic carbocycles. The molecular formula is C30H34F2N6O2. The van der Waals surface area contributed by atoms with E-state index < -0.39 is 11.6 Å². The maximum atomic E-state index is 15.1. The van der Waals surface area contributed by atoms with Crippen LogP contribution in [0, 0.1) is 11.6 Å². The van der Waals surface area contributed by atoms with Gasteiger partial charge in [0.1, 0.15) is 11.6 Å². The predicted molar refractivity (Wildman–Crippen MR) is 154 cm³/mol. The quantitative estimate of drug-likeness (QED) is 0.394. The van der Waals surface area contributed by atoms with Crippen LogP contribution in [0.2, 0.25) is 0 Å². The topological polar surface area (TPSA) is 87.7 Å². The van der Waals surface area contributed by atoms with Crippen molar-refractivity contribution >= 4 is 35.1 Å². The first-order valence-corrected chi connectivity index (χ1v) is 13.3. The van der Waals surface area contributed by atoms with Crippen LogP contribution in [0.25, 0.3) is 17.7 Å². The second-order valence-corrected chi connectivity index (χ2v) is 10.5. The van der Waals surface area contributed by atoms with Crippen LogP contribution >= 0.6 is 0 Å². The van der Waals surface area contributed by atoms with Crippen molar-refractivity contribution in [3.05, 3.63) is 82.6 Å². The highest BCUT2D eigenvalue weighted by Gasteiger charge is 2.25. The summed E-state index contributed by atoms with van der Waals surface area (Å²) in [5, 5.41) is 19.3. The number of benzene rings is 2. The lowest BCUT2D eigenvalue weighted by Gasteiger charge is -2.35. The van der Waals surface area contributed by atoms with Crippen molar-refractivity contribution in [3.63, 3.8) is 0 Å². The summed E-state index contributed by atoms with van der Waals surface area (Å²) in [6.07, 6.45) is 2.73. The molecule has 1 amide bonds. The van der Waals surface area contributed by atoms with Crippen LogP contribution in [0.5, 0.6) is 0 Å². The van der Waals surface area contributed by atoms with Crippen molar-refractivity contribution in [2.24, 2.45) is 0 Å². The van der Waals surface area contributed by atoms with Gasteiger partial charge in [0.15, 0.2) is 5.82 Å². The van der Waals surface area contributed by atoms with Gasteiger partial charge in [0.05, 0.1) is 11.8 Å². The molecule has 1 aromatic heterocycles. The number of hydrogen-bond donors (Lipinski definition) is 3. The Kier molecular flexibility index (Phi) is 8.11. The lowest BCUT2D eigenvalue weighted by molar-refractivity contribution is -0.00294. The molecule has 2 fully saturated rings. The van der Waals surface area contributed by atoms with Gasteiger partial charge in [-0.1, -0.05) is 6.58 Å². The molecule has 0 atom stereocenters. The smallest absolute Gasteiger partial charge is 0.256 e. The van der Waals surface area contributed by atoms with Crippen molar-refractivity contribution in [2.45, 2.75) is 19.6 Å². The number of halogens is 2. The first-order valence-electron chi connectivity index (χ1n) is 13.3. The van der Waals surface area contributed by atoms with E-state index in [1.807, 2.05) is 17.0 Å². The van der Waals surface area contributed by atoms with E-state index in [0.29, 0.717) is 47.6 Å². The van der Waals surface area contributed by atoms with E-state index in [4.69, 9.17) is 0 Å². The lowest BCUT2D eigenvalue weighted by atomic mass is 10.00. The van der Waals surface area contributed by atoms with E-state index in [9.17, 15) is 9.90 Å². The third kappa shape index (κ3) is 5.99. The molecule has 8 nitrogen and oxygen atoms in total. The van der Waals surface area contributed by atoms with Gasteiger partial charge in [-0.15, -0.1) is 0 Å². The van der Waals surface area contributed by atoms with E-state index in [0.717, 1.165) is 31.9 Å². The summed E-state index contributed by atoms with van der Waals surface area (Å²) < 4.78 is 30.1. The number of carbonyl (C=O) groups excluding carboxylic acids is 1. The van der Waals surface area contributed by atoms with E-state index in [2.05, 4.69) is 38.9 Å². The Hall–Kier alpha value is -3.86. The normalized spacial score (nSPS) is 17.1. The highest BCUT2D eigenvalue weighted by atomic mass is 19.1. The Morgan fingerprint density at radius 1 is 1.15 bits per heavy atom. The number of nitrogens with one attached hydrogen (secondary N) is 2. The molecule has 5 rings (SSSR count). The predicted octanol–water partition coefficient (Wildman–Crippen LogP) is 4.07. The van der Waals surface area contributed by atoms with Crippen molar-refractivity contribution in [3.8, 4) is 0 Å². The fourth-order valence-electron chi connectivity index (χ4n) is 5.14. The Morgan fingerprint density at radius 2 is 1.80 bits per heavy atom. The first-order chi connectivity index (χ1) is 19.2. The zero-order valence-electron chi connectivity index (χ0n) is 22.8. The van der Waals surface area contributed by atoms with Gasteiger partial charge in [-0.05, 0) is 73.7 Å². The number of likely N-dealkylation sites (tertiary alicyclic amines) is 1. The molecule has 210 valence electrons. The molecule has 2 aromatic carbocycles. The molecule has 0 unspecified atom stereocenters. The Balaban J connectivity index is 1.33. The summed E-state index contributed by atoms with van der Waals surface area (Å²) in [5.41, 5.74) is 3.18. The van der Waals surface area contributed by atoms with E-state index in [1.165, 1.54) is 18.2 Å². The van der Waals surface area contributed by atoms with Crippen LogP contribution in [-0.4, -0.2) is 83.4 Å². The second-order valence-electron chi connectivity index (χ2n) is 10.5. The number of amides is 1. The van der Waals surface area contributed by atoms with Gasteiger partial charge >= 0.3 is 0 Å². The molecule has 40 heavy (non-hydrogen) atoms. The number of aromatic amines is 1. The van der Waals surface area contributed by atoms with Gasteiger partial charge in [-0.3, -0.25) is 14.8 Å². The summed E-state index contributed by atoms with van der Waals surface area (Å²) in [7, 11) is 2.11. The summed E-state index contributed by atoms with van der Waals surface area (Å²) in [4.78, 5) is 19.6. The second kappa shape index (κ2) is 11.7. The van der Waals surface area contributed by atoms with Crippen molar-refractivity contribution in [2.75, 3.05) is 56.5 Å². The van der Waals surface area contributed by atoms with Crippen LogP contribution < -0.4 is 10.2 Å². The number of aliphatic hydroxyl groups excluding tert-OH is 1. The van der Waals surface area contributed by atoms with Gasteiger partial charge in [0.2, 0.25) is 0 Å². The van der Waals surface area contributed by atoms with Crippen LogP contribution in [0.15, 0.2) is 43.0 Å². The molecule has 0 saturated carbocycles. The number of aromatic nitrogens is 2.